The predicted octanol–water partition coefficient (Wildman–Crippen LogP) is 3.32. The van der Waals surface area contributed by atoms with E-state index in [-0.39, 0.29) is 0 Å². The zero-order chi connectivity index (χ0) is 11.0. The largest absolute Gasteiger partial charge is 0.398 e. The maximum atomic E-state index is 5.92. The molecule has 0 bridgehead atoms. The Morgan fingerprint density at radius 2 is 1.73 bits per heavy atom. The lowest BCUT2D eigenvalue weighted by molar-refractivity contribution is 1.29. The van der Waals surface area contributed by atoms with Gasteiger partial charge in [0.2, 0.25) is 0 Å². The highest BCUT2D eigenvalue weighted by Gasteiger charge is 2.06. The van der Waals surface area contributed by atoms with Crippen molar-refractivity contribution in [1.29, 1.82) is 0 Å². The van der Waals surface area contributed by atoms with E-state index in [1.54, 1.807) is 11.3 Å². The average molecular weight is 218 g/mol. The zero-order valence-electron chi connectivity index (χ0n) is 9.16. The summed E-state index contributed by atoms with van der Waals surface area (Å²) >= 11 is 1.67. The minimum absolute atomic E-state index is 0.880. The number of benzene rings is 1. The van der Waals surface area contributed by atoms with Crippen molar-refractivity contribution in [3.63, 3.8) is 0 Å². The summed E-state index contributed by atoms with van der Waals surface area (Å²) in [4.78, 5) is 4.47. The Kier molecular flexibility index (Phi) is 2.49. The first-order chi connectivity index (χ1) is 7.08. The van der Waals surface area contributed by atoms with Crippen LogP contribution in [0.4, 0.5) is 5.69 Å². The monoisotopic (exact) mass is 218 g/mol. The molecule has 0 aliphatic carbocycles. The molecule has 2 rings (SSSR count). The summed E-state index contributed by atoms with van der Waals surface area (Å²) in [5, 5.41) is 3.18. The molecule has 2 N–H and O–H groups in total. The first-order valence-electron chi connectivity index (χ1n) is 4.87. The van der Waals surface area contributed by atoms with E-state index < -0.39 is 0 Å². The van der Waals surface area contributed by atoms with Gasteiger partial charge < -0.3 is 5.73 Å². The second kappa shape index (κ2) is 3.66. The molecule has 0 saturated heterocycles. The highest BCUT2D eigenvalue weighted by atomic mass is 32.1. The van der Waals surface area contributed by atoms with Crippen LogP contribution in [0.15, 0.2) is 17.5 Å². The van der Waals surface area contributed by atoms with Gasteiger partial charge in [-0.1, -0.05) is 0 Å². The molecule has 1 aromatic heterocycles. The van der Waals surface area contributed by atoms with Gasteiger partial charge in [-0.25, -0.2) is 4.98 Å². The zero-order valence-corrected chi connectivity index (χ0v) is 9.98. The maximum absolute atomic E-state index is 5.92. The molecule has 2 aromatic rings. The van der Waals surface area contributed by atoms with Crippen LogP contribution in [-0.2, 0) is 0 Å². The minimum atomic E-state index is 0.880. The lowest BCUT2D eigenvalue weighted by Gasteiger charge is -2.06. The van der Waals surface area contributed by atoms with Gasteiger partial charge in [0, 0.05) is 16.6 Å². The highest BCUT2D eigenvalue weighted by molar-refractivity contribution is 7.09. The lowest BCUT2D eigenvalue weighted by Crippen LogP contribution is -1.94. The molecular weight excluding hydrogens is 204 g/mol. The van der Waals surface area contributed by atoms with Crippen LogP contribution >= 0.6 is 11.3 Å². The van der Waals surface area contributed by atoms with E-state index in [4.69, 9.17) is 5.73 Å². The van der Waals surface area contributed by atoms with Gasteiger partial charge in [-0.05, 0) is 44.0 Å². The number of anilines is 1. The van der Waals surface area contributed by atoms with E-state index in [0.29, 0.717) is 0 Å². The van der Waals surface area contributed by atoms with Crippen molar-refractivity contribution >= 4 is 17.0 Å². The highest BCUT2D eigenvalue weighted by Crippen LogP contribution is 2.27. The third kappa shape index (κ3) is 1.88. The fourth-order valence-corrected chi connectivity index (χ4v) is 2.24. The Hall–Kier alpha value is -1.35. The summed E-state index contributed by atoms with van der Waals surface area (Å²) in [7, 11) is 0. The van der Waals surface area contributed by atoms with Crippen LogP contribution in [0.5, 0.6) is 0 Å². The number of aryl methyl sites for hydroxylation is 3. The van der Waals surface area contributed by atoms with Crippen molar-refractivity contribution < 1.29 is 0 Å². The van der Waals surface area contributed by atoms with Crippen molar-refractivity contribution in [3.05, 3.63) is 33.6 Å². The van der Waals surface area contributed by atoms with Crippen molar-refractivity contribution in [3.8, 4) is 11.3 Å². The number of thiazole rings is 1. The number of nitrogen functional groups attached to an aromatic ring is 1. The number of nitrogens with zero attached hydrogens (tertiary/aromatic N) is 1. The normalized spacial score (nSPS) is 10.6. The molecule has 0 unspecified atom stereocenters. The molecule has 1 heterocycles. The van der Waals surface area contributed by atoms with Gasteiger partial charge in [0.15, 0.2) is 0 Å². The van der Waals surface area contributed by atoms with Crippen LogP contribution in [0.2, 0.25) is 0 Å². The SMILES string of the molecule is Cc1nc(-c2cc(C)c(N)c(C)c2)cs1. The summed E-state index contributed by atoms with van der Waals surface area (Å²) in [5.74, 6) is 0. The molecule has 0 atom stereocenters. The van der Waals surface area contributed by atoms with Crippen molar-refractivity contribution in [1.82, 2.24) is 4.98 Å². The first kappa shape index (κ1) is 10.2. The van der Waals surface area contributed by atoms with Gasteiger partial charge >= 0.3 is 0 Å². The summed E-state index contributed by atoms with van der Waals surface area (Å²) in [6, 6.07) is 4.19. The van der Waals surface area contributed by atoms with Crippen LogP contribution in [0.25, 0.3) is 11.3 Å². The molecule has 0 aliphatic rings. The number of rotatable bonds is 1. The average Bonchev–Trinajstić information content (AvgIpc) is 2.60. The first-order valence-corrected chi connectivity index (χ1v) is 5.75. The molecule has 78 valence electrons. The van der Waals surface area contributed by atoms with Gasteiger partial charge in [-0.3, -0.25) is 0 Å². The Bertz CT molecular complexity index is 477. The Morgan fingerprint density at radius 1 is 1.13 bits per heavy atom. The third-order valence-electron chi connectivity index (χ3n) is 2.51. The molecule has 0 amide bonds. The van der Waals surface area contributed by atoms with E-state index >= 15 is 0 Å². The topological polar surface area (TPSA) is 38.9 Å². The van der Waals surface area contributed by atoms with Crippen LogP contribution in [0, 0.1) is 20.8 Å². The molecule has 0 aliphatic heterocycles. The quantitative estimate of drug-likeness (QED) is 0.746. The molecular formula is C12H14N2S. The Labute approximate surface area is 93.8 Å². The van der Waals surface area contributed by atoms with Crippen molar-refractivity contribution in [2.45, 2.75) is 20.8 Å². The minimum Gasteiger partial charge on any atom is -0.398 e. The number of aromatic nitrogens is 1. The predicted molar refractivity (Wildman–Crippen MR) is 66.2 cm³/mol. The van der Waals surface area contributed by atoms with Crippen molar-refractivity contribution in [2.75, 3.05) is 5.73 Å². The van der Waals surface area contributed by atoms with Crippen LogP contribution < -0.4 is 5.73 Å². The van der Waals surface area contributed by atoms with Crippen LogP contribution in [0.1, 0.15) is 16.1 Å². The van der Waals surface area contributed by atoms with Crippen LogP contribution in [0.3, 0.4) is 0 Å². The maximum Gasteiger partial charge on any atom is 0.0901 e. The van der Waals surface area contributed by atoms with Gasteiger partial charge in [-0.2, -0.15) is 0 Å². The van der Waals surface area contributed by atoms with Gasteiger partial charge in [0.25, 0.3) is 0 Å². The second-order valence-electron chi connectivity index (χ2n) is 3.78. The summed E-state index contributed by atoms with van der Waals surface area (Å²) < 4.78 is 0. The molecule has 0 spiro atoms. The smallest absolute Gasteiger partial charge is 0.0901 e. The number of hydrogen-bond acceptors (Lipinski definition) is 3. The van der Waals surface area contributed by atoms with E-state index in [1.165, 1.54) is 0 Å². The number of nitrogens with two attached hydrogens (primary N) is 1. The summed E-state index contributed by atoms with van der Waals surface area (Å²) in [6.45, 7) is 6.08. The van der Waals surface area contributed by atoms with Gasteiger partial charge in [0.1, 0.15) is 0 Å². The summed E-state index contributed by atoms with van der Waals surface area (Å²) in [6.07, 6.45) is 0. The molecule has 0 radical (unpaired) electrons. The standard InChI is InChI=1S/C12H14N2S/c1-7-4-10(5-8(2)12(7)13)11-6-15-9(3)14-11/h4-6H,13H2,1-3H3. The third-order valence-corrected chi connectivity index (χ3v) is 3.28. The molecule has 1 aromatic carbocycles. The number of hydrogen-bond donors (Lipinski definition) is 1. The van der Waals surface area contributed by atoms with E-state index in [9.17, 15) is 0 Å². The molecule has 0 saturated carbocycles. The van der Waals surface area contributed by atoms with E-state index in [0.717, 1.165) is 33.1 Å². The summed E-state index contributed by atoms with van der Waals surface area (Å²) in [5.41, 5.74) is 11.2. The second-order valence-corrected chi connectivity index (χ2v) is 4.84. The van der Waals surface area contributed by atoms with Gasteiger partial charge in [0.05, 0.1) is 10.7 Å². The fraction of sp³-hybridized carbons (Fsp3) is 0.250. The molecule has 0 fully saturated rings. The molecule has 15 heavy (non-hydrogen) atoms. The molecule has 2 nitrogen and oxygen atoms in total. The van der Waals surface area contributed by atoms with E-state index in [1.807, 2.05) is 20.8 Å². The van der Waals surface area contributed by atoms with Gasteiger partial charge in [-0.15, -0.1) is 11.3 Å². The van der Waals surface area contributed by atoms with Crippen molar-refractivity contribution in [2.24, 2.45) is 0 Å². The van der Waals surface area contributed by atoms with Crippen LogP contribution in [-0.4, -0.2) is 4.98 Å². The Balaban J connectivity index is 2.55. The molecule has 3 heteroatoms. The fourth-order valence-electron chi connectivity index (χ4n) is 1.62. The lowest BCUT2D eigenvalue weighted by atomic mass is 10.0. The Morgan fingerprint density at radius 3 is 2.20 bits per heavy atom. The van der Waals surface area contributed by atoms with E-state index in [2.05, 4.69) is 22.5 Å².